The zero-order valence-electron chi connectivity index (χ0n) is 19.3. The van der Waals surface area contributed by atoms with E-state index in [0.29, 0.717) is 6.54 Å². The van der Waals surface area contributed by atoms with Crippen LogP contribution in [0, 0.1) is 23.0 Å². The van der Waals surface area contributed by atoms with Gasteiger partial charge in [0.25, 0.3) is 5.91 Å². The summed E-state index contributed by atoms with van der Waals surface area (Å²) in [5.41, 5.74) is 0.880. The number of amides is 3. The smallest absolute Gasteiger partial charge is 0.324 e. The van der Waals surface area contributed by atoms with Crippen molar-refractivity contribution in [2.45, 2.75) is 43.2 Å². The predicted octanol–water partition coefficient (Wildman–Crippen LogP) is 3.57. The molecule has 1 atom stereocenters. The average molecular weight is 483 g/mol. The van der Waals surface area contributed by atoms with E-state index in [1.54, 1.807) is 0 Å². The summed E-state index contributed by atoms with van der Waals surface area (Å²) in [6.45, 7) is 0.533. The van der Waals surface area contributed by atoms with Gasteiger partial charge in [0.05, 0.1) is 24.1 Å². The van der Waals surface area contributed by atoms with Gasteiger partial charge in [-0.2, -0.15) is 5.26 Å². The van der Waals surface area contributed by atoms with Crippen molar-refractivity contribution in [1.82, 2.24) is 15.5 Å². The van der Waals surface area contributed by atoms with Gasteiger partial charge in [-0.3, -0.25) is 9.69 Å². The molecule has 1 unspecified atom stereocenters. The fourth-order valence-corrected chi connectivity index (χ4v) is 4.86. The minimum atomic E-state index is -1.05. The van der Waals surface area contributed by atoms with Crippen LogP contribution >= 0.6 is 0 Å². The highest BCUT2D eigenvalue weighted by Gasteiger charge is 2.37. The number of carbonyl (C=O) groups excluding carboxylic acids is 2. The Morgan fingerprint density at radius 2 is 1.86 bits per heavy atom. The van der Waals surface area contributed by atoms with E-state index >= 15 is 0 Å². The molecule has 184 valence electrons. The predicted molar refractivity (Wildman–Crippen MR) is 124 cm³/mol. The summed E-state index contributed by atoms with van der Waals surface area (Å²) in [5.74, 6) is -2.60. The second-order valence-electron chi connectivity index (χ2n) is 8.99. The molecule has 0 bridgehead atoms. The second-order valence-corrected chi connectivity index (χ2v) is 8.99. The van der Waals surface area contributed by atoms with Crippen LogP contribution in [0.4, 0.5) is 13.6 Å². The summed E-state index contributed by atoms with van der Waals surface area (Å²) in [6, 6.07) is 14.5. The van der Waals surface area contributed by atoms with Crippen LogP contribution in [-0.2, 0) is 14.9 Å². The monoisotopic (exact) mass is 482 g/mol. The van der Waals surface area contributed by atoms with E-state index in [9.17, 15) is 23.6 Å². The minimum absolute atomic E-state index is 0.00656. The van der Waals surface area contributed by atoms with Gasteiger partial charge >= 0.3 is 6.03 Å². The number of hydrogen-bond donors (Lipinski definition) is 2. The fraction of sp³-hybridized carbons (Fsp3) is 0.423. The summed E-state index contributed by atoms with van der Waals surface area (Å²) in [4.78, 5) is 26.2. The highest BCUT2D eigenvalue weighted by molar-refractivity contribution is 5.96. The number of ether oxygens (including phenoxy) is 1. The minimum Gasteiger partial charge on any atom is -0.369 e. The molecule has 1 aliphatic heterocycles. The lowest BCUT2D eigenvalue weighted by Crippen LogP contribution is -2.52. The molecule has 4 rings (SSSR count). The third kappa shape index (κ3) is 5.50. The van der Waals surface area contributed by atoms with Gasteiger partial charge in [0.15, 0.2) is 11.6 Å². The molecule has 2 aromatic carbocycles. The standard InChI is InChI=1S/C26H28F2N4O3/c27-21-7-6-18(14-22(21)28)23-15-35-16-24(33)32(23)25(34)31-13-12-30-20-8-10-26(17-29,11-9-20)19-4-2-1-3-5-19/h1-7,14,20,23,30H,8-13,15-16H2,(H,31,34). The van der Waals surface area contributed by atoms with E-state index in [-0.39, 0.29) is 31.4 Å². The van der Waals surface area contributed by atoms with Crippen LogP contribution in [-0.4, -0.2) is 49.2 Å². The Kier molecular flexibility index (Phi) is 7.73. The first-order chi connectivity index (χ1) is 16.9. The molecule has 0 spiro atoms. The van der Waals surface area contributed by atoms with Gasteiger partial charge in [-0.25, -0.2) is 13.6 Å². The normalized spacial score (nSPS) is 24.6. The van der Waals surface area contributed by atoms with E-state index in [2.05, 4.69) is 16.7 Å². The molecule has 35 heavy (non-hydrogen) atoms. The molecule has 1 aliphatic carbocycles. The molecule has 1 saturated carbocycles. The van der Waals surface area contributed by atoms with Crippen molar-refractivity contribution in [1.29, 1.82) is 5.26 Å². The van der Waals surface area contributed by atoms with E-state index < -0.39 is 35.0 Å². The Morgan fingerprint density at radius 1 is 1.11 bits per heavy atom. The number of nitrogens with zero attached hydrogens (tertiary/aromatic N) is 2. The molecule has 2 N–H and O–H groups in total. The number of rotatable bonds is 6. The molecule has 1 heterocycles. The molecule has 3 amide bonds. The summed E-state index contributed by atoms with van der Waals surface area (Å²) >= 11 is 0. The summed E-state index contributed by atoms with van der Waals surface area (Å²) < 4.78 is 32.3. The molecule has 0 aromatic heterocycles. The number of urea groups is 1. The Balaban J connectivity index is 1.27. The number of halogens is 2. The number of nitrogens with one attached hydrogen (secondary N) is 2. The molecule has 2 aromatic rings. The van der Waals surface area contributed by atoms with E-state index in [1.807, 2.05) is 30.3 Å². The lowest BCUT2D eigenvalue weighted by Gasteiger charge is -2.36. The number of imide groups is 1. The van der Waals surface area contributed by atoms with Gasteiger partial charge < -0.3 is 15.4 Å². The highest BCUT2D eigenvalue weighted by atomic mass is 19.2. The van der Waals surface area contributed by atoms with Gasteiger partial charge in [-0.1, -0.05) is 36.4 Å². The lowest BCUT2D eigenvalue weighted by molar-refractivity contribution is -0.143. The summed E-state index contributed by atoms with van der Waals surface area (Å²) in [7, 11) is 0. The third-order valence-electron chi connectivity index (χ3n) is 6.84. The van der Waals surface area contributed by atoms with Crippen molar-refractivity contribution < 1.29 is 23.1 Å². The Labute approximate surface area is 203 Å². The van der Waals surface area contributed by atoms with Crippen LogP contribution in [0.2, 0.25) is 0 Å². The van der Waals surface area contributed by atoms with Crippen molar-refractivity contribution in [3.05, 3.63) is 71.3 Å². The number of carbonyl (C=O) groups is 2. The lowest BCUT2D eigenvalue weighted by atomic mass is 9.69. The number of nitriles is 1. The zero-order chi connectivity index (χ0) is 24.8. The van der Waals surface area contributed by atoms with Gasteiger partial charge in [-0.05, 0) is 48.9 Å². The van der Waals surface area contributed by atoms with E-state index in [4.69, 9.17) is 4.74 Å². The van der Waals surface area contributed by atoms with Gasteiger partial charge in [0.1, 0.15) is 6.61 Å². The molecule has 0 radical (unpaired) electrons. The van der Waals surface area contributed by atoms with Crippen LogP contribution < -0.4 is 10.6 Å². The van der Waals surface area contributed by atoms with Gasteiger partial charge in [0.2, 0.25) is 0 Å². The quantitative estimate of drug-likeness (QED) is 0.614. The van der Waals surface area contributed by atoms with Crippen molar-refractivity contribution in [2.24, 2.45) is 0 Å². The first-order valence-electron chi connectivity index (χ1n) is 11.8. The number of hydrogen-bond acceptors (Lipinski definition) is 5. The number of morpholine rings is 1. The van der Waals surface area contributed by atoms with Crippen LogP contribution in [0.3, 0.4) is 0 Å². The van der Waals surface area contributed by atoms with E-state index in [0.717, 1.165) is 48.3 Å². The highest BCUT2D eigenvalue weighted by Crippen LogP contribution is 2.38. The Morgan fingerprint density at radius 3 is 2.54 bits per heavy atom. The third-order valence-corrected chi connectivity index (χ3v) is 6.84. The zero-order valence-corrected chi connectivity index (χ0v) is 19.3. The largest absolute Gasteiger partial charge is 0.369 e. The molecule has 2 fully saturated rings. The molecule has 9 heteroatoms. The Hall–Kier alpha value is -3.35. The summed E-state index contributed by atoms with van der Waals surface area (Å²) in [6.07, 6.45) is 3.21. The first kappa shape index (κ1) is 24.8. The first-order valence-corrected chi connectivity index (χ1v) is 11.8. The topological polar surface area (TPSA) is 94.5 Å². The van der Waals surface area contributed by atoms with Gasteiger partial charge in [-0.15, -0.1) is 0 Å². The summed E-state index contributed by atoms with van der Waals surface area (Å²) in [5, 5.41) is 16.0. The van der Waals surface area contributed by atoms with E-state index in [1.165, 1.54) is 6.07 Å². The maximum Gasteiger partial charge on any atom is 0.324 e. The van der Waals surface area contributed by atoms with Crippen LogP contribution in [0.25, 0.3) is 0 Å². The fourth-order valence-electron chi connectivity index (χ4n) is 4.86. The second kappa shape index (κ2) is 10.9. The molecular formula is C26H28F2N4O3. The maximum absolute atomic E-state index is 13.7. The van der Waals surface area contributed by atoms with Crippen LogP contribution in [0.15, 0.2) is 48.5 Å². The SMILES string of the molecule is N#CC1(c2ccccc2)CCC(NCCNC(=O)N2C(=O)COCC2c2ccc(F)c(F)c2)CC1. The Bertz CT molecular complexity index is 1100. The van der Waals surface area contributed by atoms with Crippen LogP contribution in [0.5, 0.6) is 0 Å². The maximum atomic E-state index is 13.7. The average Bonchev–Trinajstić information content (AvgIpc) is 2.89. The van der Waals surface area contributed by atoms with Crippen molar-refractivity contribution in [3.8, 4) is 6.07 Å². The molecule has 1 saturated heterocycles. The molecule has 2 aliphatic rings. The van der Waals surface area contributed by atoms with Crippen LogP contribution in [0.1, 0.15) is 42.9 Å². The molecular weight excluding hydrogens is 454 g/mol. The molecule has 7 nitrogen and oxygen atoms in total. The van der Waals surface area contributed by atoms with Crippen molar-refractivity contribution in [3.63, 3.8) is 0 Å². The van der Waals surface area contributed by atoms with Crippen molar-refractivity contribution in [2.75, 3.05) is 26.3 Å². The van der Waals surface area contributed by atoms with Gasteiger partial charge in [0, 0.05) is 19.1 Å². The number of benzene rings is 2. The van der Waals surface area contributed by atoms with Crippen molar-refractivity contribution >= 4 is 11.9 Å².